The molecule has 1 aliphatic carbocycles. The SMILES string of the molecule is Cc1nc(C(=O)NC2CCC(NC(=O)c3cc(F)cnc3Oc3cccc(-c4ccc(O)c(C=O)c4)c3)CC2)cs1. The van der Waals surface area contributed by atoms with Crippen LogP contribution in [0, 0.1) is 12.7 Å². The molecule has 0 aliphatic heterocycles. The van der Waals surface area contributed by atoms with E-state index in [-0.39, 0.29) is 40.7 Å². The molecule has 41 heavy (non-hydrogen) atoms. The van der Waals surface area contributed by atoms with Crippen LogP contribution in [0.1, 0.15) is 61.9 Å². The highest BCUT2D eigenvalue weighted by Crippen LogP contribution is 2.31. The number of phenols is 1. The number of nitrogens with one attached hydrogen (secondary N) is 2. The first-order valence-corrected chi connectivity index (χ1v) is 13.9. The lowest BCUT2D eigenvalue weighted by atomic mass is 9.91. The minimum atomic E-state index is -0.676. The number of hydrogen-bond acceptors (Lipinski definition) is 8. The van der Waals surface area contributed by atoms with E-state index in [0.29, 0.717) is 54.5 Å². The molecule has 0 radical (unpaired) electrons. The number of halogens is 1. The Morgan fingerprint density at radius 2 is 1.73 bits per heavy atom. The van der Waals surface area contributed by atoms with Crippen LogP contribution in [0.5, 0.6) is 17.4 Å². The van der Waals surface area contributed by atoms with Gasteiger partial charge in [0.2, 0.25) is 5.88 Å². The van der Waals surface area contributed by atoms with E-state index in [0.717, 1.165) is 17.3 Å². The van der Waals surface area contributed by atoms with Crippen LogP contribution in [-0.4, -0.2) is 45.3 Å². The zero-order chi connectivity index (χ0) is 28.9. The highest BCUT2D eigenvalue weighted by Gasteiger charge is 2.26. The Bertz CT molecular complexity index is 1600. The molecule has 1 saturated carbocycles. The van der Waals surface area contributed by atoms with Crippen LogP contribution in [0.2, 0.25) is 0 Å². The standard InChI is InChI=1S/C30H27FN4O5S/c1-17-33-26(16-41-17)29(39)35-23-8-6-22(7-9-23)34-28(38)25-13-21(31)14-32-30(25)40-24-4-2-3-18(12-24)19-5-10-27(37)20(11-19)15-36/h2-5,10-16,22-23,37H,6-9H2,1H3,(H,34,38)(H,35,39). The maximum Gasteiger partial charge on any atom is 0.270 e. The molecule has 11 heteroatoms. The Balaban J connectivity index is 1.24. The number of nitrogens with zero attached hydrogens (tertiary/aromatic N) is 2. The molecule has 0 bridgehead atoms. The summed E-state index contributed by atoms with van der Waals surface area (Å²) in [7, 11) is 0. The number of pyridine rings is 1. The van der Waals surface area contributed by atoms with Crippen molar-refractivity contribution in [1.82, 2.24) is 20.6 Å². The molecule has 210 valence electrons. The summed E-state index contributed by atoms with van der Waals surface area (Å²) in [6.07, 6.45) is 4.19. The molecule has 0 unspecified atom stereocenters. The van der Waals surface area contributed by atoms with Gasteiger partial charge in [0.15, 0.2) is 6.29 Å². The van der Waals surface area contributed by atoms with Crippen molar-refractivity contribution in [3.8, 4) is 28.5 Å². The van der Waals surface area contributed by atoms with Gasteiger partial charge in [0.05, 0.1) is 16.8 Å². The van der Waals surface area contributed by atoms with Crippen molar-refractivity contribution in [3.63, 3.8) is 0 Å². The lowest BCUT2D eigenvalue weighted by molar-refractivity contribution is 0.0888. The molecule has 5 rings (SSSR count). The van der Waals surface area contributed by atoms with E-state index in [4.69, 9.17) is 4.74 Å². The van der Waals surface area contributed by atoms with Crippen LogP contribution in [0.15, 0.2) is 60.1 Å². The molecule has 2 amide bonds. The monoisotopic (exact) mass is 574 g/mol. The predicted molar refractivity (Wildman–Crippen MR) is 151 cm³/mol. The molecular formula is C30H27FN4O5S. The maximum atomic E-state index is 14.1. The lowest BCUT2D eigenvalue weighted by Gasteiger charge is -2.29. The summed E-state index contributed by atoms with van der Waals surface area (Å²) in [5.41, 5.74) is 1.89. The van der Waals surface area contributed by atoms with Crippen molar-refractivity contribution in [2.75, 3.05) is 0 Å². The number of benzene rings is 2. The van der Waals surface area contributed by atoms with Gasteiger partial charge in [0, 0.05) is 17.5 Å². The number of thiazole rings is 1. The second kappa shape index (κ2) is 12.3. The fourth-order valence-electron chi connectivity index (χ4n) is 4.72. The molecule has 2 aromatic carbocycles. The number of rotatable bonds is 8. The average molecular weight is 575 g/mol. The molecule has 2 heterocycles. The number of aryl methyl sites for hydroxylation is 1. The Morgan fingerprint density at radius 3 is 2.41 bits per heavy atom. The maximum absolute atomic E-state index is 14.1. The quantitative estimate of drug-likeness (QED) is 0.239. The predicted octanol–water partition coefficient (Wildman–Crippen LogP) is 5.43. The molecule has 0 saturated heterocycles. The first-order valence-electron chi connectivity index (χ1n) is 13.0. The Kier molecular flexibility index (Phi) is 8.34. The zero-order valence-corrected chi connectivity index (χ0v) is 22.9. The van der Waals surface area contributed by atoms with Crippen molar-refractivity contribution in [1.29, 1.82) is 0 Å². The smallest absolute Gasteiger partial charge is 0.270 e. The van der Waals surface area contributed by atoms with Gasteiger partial charge >= 0.3 is 0 Å². The van der Waals surface area contributed by atoms with Crippen molar-refractivity contribution in [2.45, 2.75) is 44.7 Å². The van der Waals surface area contributed by atoms with Crippen LogP contribution in [0.3, 0.4) is 0 Å². The second-order valence-electron chi connectivity index (χ2n) is 9.77. The van der Waals surface area contributed by atoms with Gasteiger partial charge in [-0.3, -0.25) is 14.4 Å². The molecule has 2 aromatic heterocycles. The third kappa shape index (κ3) is 6.75. The van der Waals surface area contributed by atoms with E-state index < -0.39 is 11.7 Å². The first kappa shape index (κ1) is 27.9. The highest BCUT2D eigenvalue weighted by molar-refractivity contribution is 7.09. The van der Waals surface area contributed by atoms with E-state index in [1.807, 2.05) is 6.92 Å². The summed E-state index contributed by atoms with van der Waals surface area (Å²) in [5, 5.41) is 18.3. The minimum absolute atomic E-state index is 0.0177. The molecule has 0 atom stereocenters. The van der Waals surface area contributed by atoms with E-state index in [9.17, 15) is 23.9 Å². The third-order valence-electron chi connectivity index (χ3n) is 6.85. The van der Waals surface area contributed by atoms with Crippen molar-refractivity contribution < 1.29 is 28.6 Å². The molecule has 0 spiro atoms. The highest BCUT2D eigenvalue weighted by atomic mass is 32.1. The number of phenolic OH excluding ortho intramolecular Hbond substituents is 1. The molecule has 4 aromatic rings. The van der Waals surface area contributed by atoms with Gasteiger partial charge in [0.1, 0.15) is 28.6 Å². The Labute approximate surface area is 239 Å². The second-order valence-corrected chi connectivity index (χ2v) is 10.8. The molecule has 3 N–H and O–H groups in total. The number of carbonyl (C=O) groups excluding carboxylic acids is 3. The van der Waals surface area contributed by atoms with Gasteiger partial charge in [-0.15, -0.1) is 11.3 Å². The summed E-state index contributed by atoms with van der Waals surface area (Å²) in [4.78, 5) is 45.1. The third-order valence-corrected chi connectivity index (χ3v) is 7.62. The molecule has 1 fully saturated rings. The Morgan fingerprint density at radius 1 is 1.02 bits per heavy atom. The number of hydrogen-bond donors (Lipinski definition) is 3. The number of aldehydes is 1. The van der Waals surface area contributed by atoms with E-state index in [2.05, 4.69) is 20.6 Å². The van der Waals surface area contributed by atoms with Gasteiger partial charge < -0.3 is 20.5 Å². The van der Waals surface area contributed by atoms with Crippen molar-refractivity contribution >= 4 is 29.4 Å². The number of amides is 2. The van der Waals surface area contributed by atoms with Crippen LogP contribution in [-0.2, 0) is 0 Å². The topological polar surface area (TPSA) is 131 Å². The van der Waals surface area contributed by atoms with Gasteiger partial charge in [0.25, 0.3) is 11.8 Å². The number of carbonyl (C=O) groups is 3. The zero-order valence-electron chi connectivity index (χ0n) is 22.1. The summed E-state index contributed by atoms with van der Waals surface area (Å²) in [5.74, 6) is -1.21. The summed E-state index contributed by atoms with van der Waals surface area (Å²) < 4.78 is 20.0. The van der Waals surface area contributed by atoms with Gasteiger partial charge in [-0.1, -0.05) is 18.2 Å². The van der Waals surface area contributed by atoms with Crippen molar-refractivity contribution in [3.05, 3.63) is 87.8 Å². The van der Waals surface area contributed by atoms with Crippen LogP contribution in [0.25, 0.3) is 11.1 Å². The van der Waals surface area contributed by atoms with E-state index in [1.165, 1.54) is 17.4 Å². The van der Waals surface area contributed by atoms with Gasteiger partial charge in [-0.25, -0.2) is 14.4 Å². The molecule has 9 nitrogen and oxygen atoms in total. The fourth-order valence-corrected chi connectivity index (χ4v) is 5.32. The van der Waals surface area contributed by atoms with Crippen LogP contribution < -0.4 is 15.4 Å². The van der Waals surface area contributed by atoms with Crippen molar-refractivity contribution in [2.24, 2.45) is 0 Å². The molecule has 1 aliphatic rings. The summed E-state index contributed by atoms with van der Waals surface area (Å²) in [6, 6.07) is 12.4. The van der Waals surface area contributed by atoms with Gasteiger partial charge in [-0.2, -0.15) is 0 Å². The van der Waals surface area contributed by atoms with Gasteiger partial charge in [-0.05, 0) is 74.1 Å². The normalized spacial score (nSPS) is 16.5. The summed E-state index contributed by atoms with van der Waals surface area (Å²) in [6.45, 7) is 1.85. The van der Waals surface area contributed by atoms with Crippen LogP contribution in [0.4, 0.5) is 4.39 Å². The van der Waals surface area contributed by atoms with E-state index >= 15 is 0 Å². The largest absolute Gasteiger partial charge is 0.507 e. The number of aromatic nitrogens is 2. The van der Waals surface area contributed by atoms with Crippen LogP contribution >= 0.6 is 11.3 Å². The number of aromatic hydroxyl groups is 1. The number of ether oxygens (including phenoxy) is 1. The summed E-state index contributed by atoms with van der Waals surface area (Å²) >= 11 is 1.42. The fraction of sp³-hybridized carbons (Fsp3) is 0.233. The van der Waals surface area contributed by atoms with E-state index in [1.54, 1.807) is 41.8 Å². The average Bonchev–Trinajstić information content (AvgIpc) is 3.42. The molecular weight excluding hydrogens is 547 g/mol. The lowest BCUT2D eigenvalue weighted by Crippen LogP contribution is -2.44. The Hall–Kier alpha value is -4.64. The minimum Gasteiger partial charge on any atom is -0.507 e. The first-order chi connectivity index (χ1) is 19.8.